The van der Waals surface area contributed by atoms with Gasteiger partial charge in [-0.15, -0.1) is 10.2 Å². The SMILES string of the molecule is c1cncc(COc2ccc(-c3cnc4c(-c5nn[nH]n5)cnn4c3C3CCCCC3)cc2)c1. The van der Waals surface area contributed by atoms with E-state index >= 15 is 0 Å². The van der Waals surface area contributed by atoms with Crippen LogP contribution in [0.4, 0.5) is 0 Å². The minimum Gasteiger partial charge on any atom is -0.489 e. The van der Waals surface area contributed by atoms with E-state index in [1.807, 2.05) is 41.2 Å². The normalized spacial score (nSPS) is 14.5. The predicted octanol–water partition coefficient (Wildman–Crippen LogP) is 4.60. The molecule has 4 heterocycles. The highest BCUT2D eigenvalue weighted by molar-refractivity contribution is 5.75. The van der Waals surface area contributed by atoms with E-state index in [4.69, 9.17) is 14.8 Å². The lowest BCUT2D eigenvalue weighted by molar-refractivity contribution is 0.306. The van der Waals surface area contributed by atoms with Crippen LogP contribution in [0.15, 0.2) is 61.2 Å². The largest absolute Gasteiger partial charge is 0.489 e. The molecular weight excluding hydrogens is 428 g/mol. The molecule has 9 heteroatoms. The van der Waals surface area contributed by atoms with E-state index in [0.717, 1.165) is 46.5 Å². The van der Waals surface area contributed by atoms with Crippen molar-refractivity contribution in [1.29, 1.82) is 0 Å². The van der Waals surface area contributed by atoms with Gasteiger partial charge in [-0.25, -0.2) is 9.50 Å². The molecule has 0 aliphatic heterocycles. The van der Waals surface area contributed by atoms with Gasteiger partial charge in [0, 0.05) is 35.6 Å². The molecule has 1 saturated carbocycles. The van der Waals surface area contributed by atoms with Crippen molar-refractivity contribution in [3.8, 4) is 28.3 Å². The zero-order valence-corrected chi connectivity index (χ0v) is 18.6. The van der Waals surface area contributed by atoms with Crippen molar-refractivity contribution in [2.75, 3.05) is 0 Å². The molecule has 9 nitrogen and oxygen atoms in total. The summed E-state index contributed by atoms with van der Waals surface area (Å²) in [4.78, 5) is 8.91. The van der Waals surface area contributed by atoms with E-state index in [0.29, 0.717) is 18.3 Å². The van der Waals surface area contributed by atoms with E-state index in [1.165, 1.54) is 25.0 Å². The quantitative estimate of drug-likeness (QED) is 0.401. The highest BCUT2D eigenvalue weighted by Crippen LogP contribution is 2.39. The molecule has 0 saturated heterocycles. The van der Waals surface area contributed by atoms with Crippen molar-refractivity contribution in [2.45, 2.75) is 44.6 Å². The molecule has 1 N–H and O–H groups in total. The molecule has 4 aromatic heterocycles. The maximum atomic E-state index is 5.95. The van der Waals surface area contributed by atoms with Gasteiger partial charge in [-0.1, -0.05) is 37.5 Å². The zero-order chi connectivity index (χ0) is 22.7. The van der Waals surface area contributed by atoms with Crippen molar-refractivity contribution < 1.29 is 4.74 Å². The number of ether oxygens (including phenoxy) is 1. The Bertz CT molecular complexity index is 1370. The third kappa shape index (κ3) is 3.89. The number of rotatable bonds is 6. The summed E-state index contributed by atoms with van der Waals surface area (Å²) in [5.74, 6) is 1.74. The van der Waals surface area contributed by atoms with Gasteiger partial charge in [0.1, 0.15) is 12.4 Å². The number of H-pyrrole nitrogens is 1. The molecule has 6 rings (SSSR count). The first kappa shape index (κ1) is 20.5. The Balaban J connectivity index is 1.36. The number of nitrogens with zero attached hydrogens (tertiary/aromatic N) is 7. The monoisotopic (exact) mass is 452 g/mol. The van der Waals surface area contributed by atoms with E-state index in [2.05, 4.69) is 37.7 Å². The van der Waals surface area contributed by atoms with Gasteiger partial charge < -0.3 is 4.74 Å². The first-order valence-corrected chi connectivity index (χ1v) is 11.6. The summed E-state index contributed by atoms with van der Waals surface area (Å²) in [7, 11) is 0. The van der Waals surface area contributed by atoms with Crippen LogP contribution in [0.5, 0.6) is 5.75 Å². The average Bonchev–Trinajstić information content (AvgIpc) is 3.58. The number of aromatic amines is 1. The molecule has 170 valence electrons. The molecule has 0 amide bonds. The second-order valence-corrected chi connectivity index (χ2v) is 8.60. The molecule has 0 radical (unpaired) electrons. The number of hydrogen-bond donors (Lipinski definition) is 1. The van der Waals surface area contributed by atoms with Gasteiger partial charge in [-0.3, -0.25) is 4.98 Å². The Labute approximate surface area is 196 Å². The first-order chi connectivity index (χ1) is 16.9. The first-order valence-electron chi connectivity index (χ1n) is 11.6. The van der Waals surface area contributed by atoms with Gasteiger partial charge in [0.25, 0.3) is 0 Å². The third-order valence-corrected chi connectivity index (χ3v) is 6.44. The Morgan fingerprint density at radius 2 is 1.85 bits per heavy atom. The van der Waals surface area contributed by atoms with Crippen LogP contribution < -0.4 is 4.74 Å². The Hall–Kier alpha value is -4.14. The van der Waals surface area contributed by atoms with Gasteiger partial charge >= 0.3 is 0 Å². The van der Waals surface area contributed by atoms with E-state index in [9.17, 15) is 0 Å². The second-order valence-electron chi connectivity index (χ2n) is 8.60. The van der Waals surface area contributed by atoms with Crippen LogP contribution >= 0.6 is 0 Å². The number of aromatic nitrogens is 8. The highest BCUT2D eigenvalue weighted by Gasteiger charge is 2.25. The highest BCUT2D eigenvalue weighted by atomic mass is 16.5. The van der Waals surface area contributed by atoms with Crippen molar-refractivity contribution in [2.24, 2.45) is 0 Å². The summed E-state index contributed by atoms with van der Waals surface area (Å²) in [6, 6.07) is 12.1. The number of benzene rings is 1. The van der Waals surface area contributed by atoms with Crippen LogP contribution in [0, 0.1) is 0 Å². The fraction of sp³-hybridized carbons (Fsp3) is 0.280. The van der Waals surface area contributed by atoms with Crippen LogP contribution in [-0.4, -0.2) is 40.2 Å². The van der Waals surface area contributed by atoms with Crippen LogP contribution in [0.25, 0.3) is 28.2 Å². The summed E-state index contributed by atoms with van der Waals surface area (Å²) in [5, 5.41) is 19.2. The van der Waals surface area contributed by atoms with E-state index in [-0.39, 0.29) is 0 Å². The summed E-state index contributed by atoms with van der Waals surface area (Å²) in [6.45, 7) is 0.486. The van der Waals surface area contributed by atoms with Crippen molar-refractivity contribution in [3.05, 3.63) is 72.4 Å². The van der Waals surface area contributed by atoms with Gasteiger partial charge in [-0.2, -0.15) is 10.3 Å². The average molecular weight is 453 g/mol. The predicted molar refractivity (Wildman–Crippen MR) is 126 cm³/mol. The lowest BCUT2D eigenvalue weighted by Crippen LogP contribution is -2.12. The summed E-state index contributed by atoms with van der Waals surface area (Å²) in [6.07, 6.45) is 13.4. The molecule has 1 aliphatic carbocycles. The summed E-state index contributed by atoms with van der Waals surface area (Å²) < 4.78 is 7.92. The van der Waals surface area contributed by atoms with Crippen LogP contribution in [-0.2, 0) is 6.61 Å². The van der Waals surface area contributed by atoms with Crippen LogP contribution in [0.2, 0.25) is 0 Å². The Kier molecular flexibility index (Phi) is 5.42. The topological polar surface area (TPSA) is 107 Å². The van der Waals surface area contributed by atoms with Crippen LogP contribution in [0.1, 0.15) is 49.3 Å². The smallest absolute Gasteiger partial charge is 0.210 e. The summed E-state index contributed by atoms with van der Waals surface area (Å²) >= 11 is 0. The third-order valence-electron chi connectivity index (χ3n) is 6.44. The number of nitrogens with one attached hydrogen (secondary N) is 1. The maximum Gasteiger partial charge on any atom is 0.210 e. The molecule has 0 bridgehead atoms. The molecule has 0 spiro atoms. The number of pyridine rings is 1. The molecule has 1 aliphatic rings. The maximum absolute atomic E-state index is 5.95. The fourth-order valence-electron chi connectivity index (χ4n) is 4.75. The van der Waals surface area contributed by atoms with Gasteiger partial charge in [0.15, 0.2) is 5.65 Å². The fourth-order valence-corrected chi connectivity index (χ4v) is 4.75. The molecular formula is C25H24N8O. The van der Waals surface area contributed by atoms with Crippen molar-refractivity contribution in [3.63, 3.8) is 0 Å². The molecule has 34 heavy (non-hydrogen) atoms. The number of fused-ring (bicyclic) bond motifs is 1. The van der Waals surface area contributed by atoms with Crippen LogP contribution in [0.3, 0.4) is 0 Å². The standard InChI is InChI=1S/C25H24N8O/c1-2-6-19(7-3-1)23-21(14-27-25-22(15-28-33(23)25)24-29-31-32-30-24)18-8-10-20(11-9-18)34-16-17-5-4-12-26-13-17/h4-5,8-15,19H,1-3,6-7,16H2,(H,29,30,31,32). The Morgan fingerprint density at radius 1 is 0.971 bits per heavy atom. The minimum absolute atomic E-state index is 0.425. The van der Waals surface area contributed by atoms with Crippen molar-refractivity contribution in [1.82, 2.24) is 40.2 Å². The van der Waals surface area contributed by atoms with Crippen molar-refractivity contribution >= 4 is 5.65 Å². The molecule has 5 aromatic rings. The lowest BCUT2D eigenvalue weighted by Gasteiger charge is -2.25. The van der Waals surface area contributed by atoms with Gasteiger partial charge in [0.05, 0.1) is 17.5 Å². The summed E-state index contributed by atoms with van der Waals surface area (Å²) in [5.41, 5.74) is 5.96. The molecule has 1 fully saturated rings. The van der Waals surface area contributed by atoms with E-state index < -0.39 is 0 Å². The van der Waals surface area contributed by atoms with E-state index in [1.54, 1.807) is 12.4 Å². The van der Waals surface area contributed by atoms with Gasteiger partial charge in [0.2, 0.25) is 5.82 Å². The molecule has 0 unspecified atom stereocenters. The molecule has 0 atom stereocenters. The number of hydrogen-bond acceptors (Lipinski definition) is 7. The second kappa shape index (κ2) is 9.01. The molecule has 1 aromatic carbocycles. The Morgan fingerprint density at radius 3 is 2.62 bits per heavy atom. The lowest BCUT2D eigenvalue weighted by atomic mass is 9.84. The zero-order valence-electron chi connectivity index (χ0n) is 18.6. The number of tetrazole rings is 1. The van der Waals surface area contributed by atoms with Gasteiger partial charge in [-0.05, 0) is 41.8 Å². The minimum atomic E-state index is 0.425.